The molecule has 20 heavy (non-hydrogen) atoms. The number of amides is 2. The largest absolute Gasteiger partial charge is 0.476 e. The van der Waals surface area contributed by atoms with Crippen LogP contribution in [0.3, 0.4) is 0 Å². The molecule has 0 saturated carbocycles. The first-order chi connectivity index (χ1) is 9.39. The average Bonchev–Trinajstić information content (AvgIpc) is 2.38. The molecule has 2 rings (SSSR count). The lowest BCUT2D eigenvalue weighted by atomic mass is 9.83. The maximum absolute atomic E-state index is 12.1. The smallest absolute Gasteiger partial charge is 0.356 e. The van der Waals surface area contributed by atoms with Crippen LogP contribution in [0.4, 0.5) is 10.5 Å². The van der Waals surface area contributed by atoms with Crippen molar-refractivity contribution in [3.63, 3.8) is 0 Å². The van der Waals surface area contributed by atoms with Crippen LogP contribution >= 0.6 is 0 Å². The number of rotatable bonds is 2. The Morgan fingerprint density at radius 2 is 2.00 bits per heavy atom. The van der Waals surface area contributed by atoms with Gasteiger partial charge in [0.25, 0.3) is 0 Å². The highest BCUT2D eigenvalue weighted by Crippen LogP contribution is 2.29. The second kappa shape index (κ2) is 5.48. The van der Waals surface area contributed by atoms with Crippen molar-refractivity contribution in [2.45, 2.75) is 26.7 Å². The van der Waals surface area contributed by atoms with Crippen LogP contribution in [0.5, 0.6) is 0 Å². The Balaban J connectivity index is 2.04. The van der Waals surface area contributed by atoms with Crippen molar-refractivity contribution >= 4 is 17.7 Å². The number of urea groups is 1. The summed E-state index contributed by atoms with van der Waals surface area (Å²) in [7, 11) is 0. The second-order valence-corrected chi connectivity index (χ2v) is 5.79. The number of piperidine rings is 1. The minimum Gasteiger partial charge on any atom is -0.476 e. The standard InChI is InChI=1S/C14H19N3O3/c1-14(2)5-8-17(9-6-14)13(20)16-10-4-3-7-15-11(10)12(18)19/h3-4,7H,5-6,8-9H2,1-2H3,(H,16,20)(H,18,19). The Morgan fingerprint density at radius 3 is 2.60 bits per heavy atom. The van der Waals surface area contributed by atoms with E-state index in [9.17, 15) is 9.59 Å². The van der Waals surface area contributed by atoms with Crippen molar-refractivity contribution in [3.8, 4) is 0 Å². The van der Waals surface area contributed by atoms with Gasteiger partial charge in [0, 0.05) is 19.3 Å². The number of carbonyl (C=O) groups is 2. The zero-order valence-electron chi connectivity index (χ0n) is 11.7. The molecule has 1 aromatic rings. The summed E-state index contributed by atoms with van der Waals surface area (Å²) < 4.78 is 0. The highest BCUT2D eigenvalue weighted by Gasteiger charge is 2.28. The minimum absolute atomic E-state index is 0.141. The molecule has 1 aliphatic rings. The Hall–Kier alpha value is -2.11. The van der Waals surface area contributed by atoms with Crippen LogP contribution < -0.4 is 5.32 Å². The zero-order valence-corrected chi connectivity index (χ0v) is 11.7. The molecule has 0 spiro atoms. The minimum atomic E-state index is -1.15. The molecular weight excluding hydrogens is 258 g/mol. The lowest BCUT2D eigenvalue weighted by Crippen LogP contribution is -2.43. The maximum atomic E-state index is 12.1. The summed E-state index contributed by atoms with van der Waals surface area (Å²) in [6.07, 6.45) is 3.28. The fourth-order valence-corrected chi connectivity index (χ4v) is 2.19. The Bertz CT molecular complexity index is 518. The maximum Gasteiger partial charge on any atom is 0.356 e. The van der Waals surface area contributed by atoms with Gasteiger partial charge in [0.15, 0.2) is 5.69 Å². The number of nitrogens with one attached hydrogen (secondary N) is 1. The Morgan fingerprint density at radius 1 is 1.35 bits per heavy atom. The third-order valence-corrected chi connectivity index (χ3v) is 3.66. The molecule has 1 fully saturated rings. The number of hydrogen-bond donors (Lipinski definition) is 2. The van der Waals surface area contributed by atoms with Gasteiger partial charge in [-0.05, 0) is 30.4 Å². The summed E-state index contributed by atoms with van der Waals surface area (Å²) in [5, 5.41) is 11.7. The molecule has 6 nitrogen and oxygen atoms in total. The van der Waals surface area contributed by atoms with Crippen molar-refractivity contribution in [3.05, 3.63) is 24.0 Å². The second-order valence-electron chi connectivity index (χ2n) is 5.79. The fourth-order valence-electron chi connectivity index (χ4n) is 2.19. The van der Waals surface area contributed by atoms with Gasteiger partial charge < -0.3 is 15.3 Å². The highest BCUT2D eigenvalue weighted by atomic mass is 16.4. The van der Waals surface area contributed by atoms with Gasteiger partial charge >= 0.3 is 12.0 Å². The van der Waals surface area contributed by atoms with Crippen LogP contribution in [0.2, 0.25) is 0 Å². The first kappa shape index (κ1) is 14.3. The number of anilines is 1. The van der Waals surface area contributed by atoms with E-state index in [4.69, 9.17) is 5.11 Å². The summed E-state index contributed by atoms with van der Waals surface area (Å²) >= 11 is 0. The topological polar surface area (TPSA) is 82.5 Å². The zero-order chi connectivity index (χ0) is 14.8. The van der Waals surface area contributed by atoms with E-state index in [-0.39, 0.29) is 22.8 Å². The van der Waals surface area contributed by atoms with Crippen LogP contribution in [-0.4, -0.2) is 40.1 Å². The molecule has 0 atom stereocenters. The van der Waals surface area contributed by atoms with E-state index in [0.717, 1.165) is 12.8 Å². The lowest BCUT2D eigenvalue weighted by Gasteiger charge is -2.36. The summed E-state index contributed by atoms with van der Waals surface area (Å²) in [4.78, 5) is 28.7. The molecule has 1 aliphatic heterocycles. The van der Waals surface area contributed by atoms with Crippen molar-refractivity contribution in [2.75, 3.05) is 18.4 Å². The predicted molar refractivity (Wildman–Crippen MR) is 74.8 cm³/mol. The van der Waals surface area contributed by atoms with Crippen molar-refractivity contribution in [1.29, 1.82) is 0 Å². The molecule has 2 amide bonds. The number of carboxylic acid groups (broad SMARTS) is 1. The van der Waals surface area contributed by atoms with Gasteiger partial charge in [0.05, 0.1) is 5.69 Å². The molecule has 0 aromatic carbocycles. The SMILES string of the molecule is CC1(C)CCN(C(=O)Nc2cccnc2C(=O)O)CC1. The molecule has 108 valence electrons. The number of carboxylic acids is 1. The van der Waals surface area contributed by atoms with Crippen LogP contribution in [0, 0.1) is 5.41 Å². The molecule has 0 unspecified atom stereocenters. The Kier molecular flexibility index (Phi) is 3.92. The van der Waals surface area contributed by atoms with E-state index in [2.05, 4.69) is 24.1 Å². The molecule has 2 N–H and O–H groups in total. The number of likely N-dealkylation sites (tertiary alicyclic amines) is 1. The summed E-state index contributed by atoms with van der Waals surface area (Å²) in [5.41, 5.74) is 0.352. The van der Waals surface area contributed by atoms with Gasteiger partial charge in [-0.2, -0.15) is 0 Å². The summed E-state index contributed by atoms with van der Waals surface area (Å²) in [5.74, 6) is -1.15. The predicted octanol–water partition coefficient (Wildman–Crippen LogP) is 2.43. The van der Waals surface area contributed by atoms with Crippen molar-refractivity contribution in [1.82, 2.24) is 9.88 Å². The molecule has 1 aromatic heterocycles. The molecule has 6 heteroatoms. The molecule has 0 aliphatic carbocycles. The Labute approximate surface area is 117 Å². The number of aromatic carboxylic acids is 1. The normalized spacial score (nSPS) is 17.6. The first-order valence-electron chi connectivity index (χ1n) is 6.63. The quantitative estimate of drug-likeness (QED) is 0.869. The number of nitrogens with zero attached hydrogens (tertiary/aromatic N) is 2. The first-order valence-corrected chi connectivity index (χ1v) is 6.63. The number of aromatic nitrogens is 1. The van der Waals surface area contributed by atoms with Gasteiger partial charge in [0.2, 0.25) is 0 Å². The van der Waals surface area contributed by atoms with E-state index in [1.54, 1.807) is 17.0 Å². The van der Waals surface area contributed by atoms with E-state index in [1.807, 2.05) is 0 Å². The van der Waals surface area contributed by atoms with Crippen LogP contribution in [0.1, 0.15) is 37.2 Å². The van der Waals surface area contributed by atoms with Crippen molar-refractivity contribution in [2.24, 2.45) is 5.41 Å². The van der Waals surface area contributed by atoms with Gasteiger partial charge in [-0.15, -0.1) is 0 Å². The van der Waals surface area contributed by atoms with Crippen LogP contribution in [0.15, 0.2) is 18.3 Å². The van der Waals surface area contributed by atoms with E-state index in [0.29, 0.717) is 13.1 Å². The third kappa shape index (κ3) is 3.26. The monoisotopic (exact) mass is 277 g/mol. The van der Waals surface area contributed by atoms with E-state index < -0.39 is 5.97 Å². The van der Waals surface area contributed by atoms with E-state index >= 15 is 0 Å². The molecule has 2 heterocycles. The van der Waals surface area contributed by atoms with E-state index in [1.165, 1.54) is 6.20 Å². The highest BCUT2D eigenvalue weighted by molar-refractivity contribution is 5.98. The fraction of sp³-hybridized carbons (Fsp3) is 0.500. The molecule has 1 saturated heterocycles. The van der Waals surface area contributed by atoms with Crippen LogP contribution in [0.25, 0.3) is 0 Å². The summed E-state index contributed by atoms with van der Waals surface area (Å²) in [6, 6.07) is 2.87. The average molecular weight is 277 g/mol. The number of hydrogen-bond acceptors (Lipinski definition) is 3. The lowest BCUT2D eigenvalue weighted by molar-refractivity contribution is 0.0691. The van der Waals surface area contributed by atoms with Crippen LogP contribution in [-0.2, 0) is 0 Å². The third-order valence-electron chi connectivity index (χ3n) is 3.66. The van der Waals surface area contributed by atoms with Gasteiger partial charge in [-0.25, -0.2) is 14.6 Å². The molecule has 0 bridgehead atoms. The van der Waals surface area contributed by atoms with Crippen molar-refractivity contribution < 1.29 is 14.7 Å². The van der Waals surface area contributed by atoms with Gasteiger partial charge in [-0.3, -0.25) is 0 Å². The summed E-state index contributed by atoms with van der Waals surface area (Å²) in [6.45, 7) is 5.74. The molecule has 0 radical (unpaired) electrons. The number of pyridine rings is 1. The number of carbonyl (C=O) groups excluding carboxylic acids is 1. The van der Waals surface area contributed by atoms with Gasteiger partial charge in [-0.1, -0.05) is 13.8 Å². The molecular formula is C14H19N3O3. The van der Waals surface area contributed by atoms with Gasteiger partial charge in [0.1, 0.15) is 0 Å².